The van der Waals surface area contributed by atoms with Crippen molar-refractivity contribution in [2.45, 2.75) is 0 Å². The van der Waals surface area contributed by atoms with Crippen molar-refractivity contribution in [3.05, 3.63) is 30.2 Å². The summed E-state index contributed by atoms with van der Waals surface area (Å²) in [5, 5.41) is 13.0. The lowest BCUT2D eigenvalue weighted by atomic mass is 10.1. The summed E-state index contributed by atoms with van der Waals surface area (Å²) >= 11 is 0. The summed E-state index contributed by atoms with van der Waals surface area (Å²) in [7, 11) is 1.68. The zero-order valence-corrected chi connectivity index (χ0v) is 8.11. The molecule has 0 fully saturated rings. The van der Waals surface area contributed by atoms with E-state index in [4.69, 9.17) is 10.8 Å². The molecule has 0 bridgehead atoms. The summed E-state index contributed by atoms with van der Waals surface area (Å²) in [6.07, 6.45) is 1.46. The molecular weight excluding hydrogens is 197 g/mol. The molecule has 0 aliphatic carbocycles. The number of aryl methyl sites for hydroxylation is 1. The highest BCUT2D eigenvalue weighted by Crippen LogP contribution is 2.29. The molecule has 0 radical (unpaired) electrons. The van der Waals surface area contributed by atoms with Crippen molar-refractivity contribution in [3.63, 3.8) is 0 Å². The highest BCUT2D eigenvalue weighted by molar-refractivity contribution is 5.73. The Kier molecular flexibility index (Phi) is 2.07. The number of aromatic hydroxyl groups is 1. The zero-order chi connectivity index (χ0) is 11.0. The lowest BCUT2D eigenvalue weighted by molar-refractivity contribution is 0.469. The fraction of sp³-hybridized carbons (Fsp3) is 0.100. The van der Waals surface area contributed by atoms with E-state index in [1.165, 1.54) is 23.0 Å². The van der Waals surface area contributed by atoms with Crippen molar-refractivity contribution < 1.29 is 9.50 Å². The summed E-state index contributed by atoms with van der Waals surface area (Å²) < 4.78 is 15.0. The van der Waals surface area contributed by atoms with Gasteiger partial charge in [-0.05, 0) is 12.1 Å². The largest absolute Gasteiger partial charge is 0.508 e. The third-order valence-corrected chi connectivity index (χ3v) is 2.17. The van der Waals surface area contributed by atoms with Gasteiger partial charge in [0.05, 0.1) is 17.6 Å². The first-order valence-corrected chi connectivity index (χ1v) is 4.36. The maximum atomic E-state index is 13.5. The van der Waals surface area contributed by atoms with Crippen LogP contribution in [0.4, 0.5) is 10.1 Å². The predicted molar refractivity (Wildman–Crippen MR) is 54.7 cm³/mol. The highest BCUT2D eigenvalue weighted by atomic mass is 19.1. The van der Waals surface area contributed by atoms with Gasteiger partial charge in [0.25, 0.3) is 0 Å². The summed E-state index contributed by atoms with van der Waals surface area (Å²) in [6.45, 7) is 0. The van der Waals surface area contributed by atoms with Gasteiger partial charge in [-0.3, -0.25) is 4.68 Å². The first-order chi connectivity index (χ1) is 7.09. The number of nitrogen functional groups attached to an aromatic ring is 1. The molecule has 0 unspecified atom stereocenters. The first kappa shape index (κ1) is 9.51. The third-order valence-electron chi connectivity index (χ3n) is 2.17. The Labute approximate surface area is 85.8 Å². The Morgan fingerprint density at radius 1 is 1.47 bits per heavy atom. The van der Waals surface area contributed by atoms with Crippen LogP contribution >= 0.6 is 0 Å². The van der Waals surface area contributed by atoms with Crippen LogP contribution in [0.1, 0.15) is 0 Å². The molecule has 5 heteroatoms. The van der Waals surface area contributed by atoms with Gasteiger partial charge in [0, 0.05) is 18.7 Å². The van der Waals surface area contributed by atoms with Gasteiger partial charge in [0.15, 0.2) is 0 Å². The zero-order valence-electron chi connectivity index (χ0n) is 8.11. The molecule has 1 heterocycles. The minimum atomic E-state index is -0.523. The highest BCUT2D eigenvalue weighted by Gasteiger charge is 2.13. The van der Waals surface area contributed by atoms with Gasteiger partial charge >= 0.3 is 0 Å². The van der Waals surface area contributed by atoms with Gasteiger partial charge in [0.2, 0.25) is 0 Å². The lowest BCUT2D eigenvalue weighted by Gasteiger charge is -2.05. The number of hydrogen-bond acceptors (Lipinski definition) is 3. The summed E-state index contributed by atoms with van der Waals surface area (Å²) in [5.41, 5.74) is 6.90. The molecule has 1 aromatic carbocycles. The minimum Gasteiger partial charge on any atom is -0.508 e. The Balaban J connectivity index is 2.64. The fourth-order valence-electron chi connectivity index (χ4n) is 1.48. The number of hydrogen-bond donors (Lipinski definition) is 2. The number of phenolic OH excluding ortho intramolecular Hbond substituents is 1. The lowest BCUT2D eigenvalue weighted by Crippen LogP contribution is -1.97. The number of halogens is 1. The average molecular weight is 207 g/mol. The van der Waals surface area contributed by atoms with Crippen molar-refractivity contribution in [1.29, 1.82) is 0 Å². The van der Waals surface area contributed by atoms with Crippen LogP contribution in [0, 0.1) is 5.82 Å². The maximum absolute atomic E-state index is 13.5. The maximum Gasteiger partial charge on any atom is 0.136 e. The Hall–Kier alpha value is -2.04. The first-order valence-electron chi connectivity index (χ1n) is 4.36. The fourth-order valence-corrected chi connectivity index (χ4v) is 1.48. The molecule has 2 aromatic rings. The van der Waals surface area contributed by atoms with E-state index in [9.17, 15) is 4.39 Å². The predicted octanol–water partition coefficient (Wildman–Crippen LogP) is 1.51. The van der Waals surface area contributed by atoms with Crippen molar-refractivity contribution in [1.82, 2.24) is 9.78 Å². The SMILES string of the molecule is Cn1ncc(N)c1-c1ccc(O)cc1F. The molecule has 0 saturated carbocycles. The number of nitrogens with zero attached hydrogens (tertiary/aromatic N) is 2. The van der Waals surface area contributed by atoms with Crippen molar-refractivity contribution in [2.75, 3.05) is 5.73 Å². The van der Waals surface area contributed by atoms with Gasteiger partial charge in [-0.1, -0.05) is 0 Å². The molecule has 0 amide bonds. The molecule has 0 spiro atoms. The van der Waals surface area contributed by atoms with E-state index < -0.39 is 5.82 Å². The van der Waals surface area contributed by atoms with E-state index in [1.54, 1.807) is 7.05 Å². The van der Waals surface area contributed by atoms with E-state index in [0.29, 0.717) is 16.9 Å². The normalized spacial score (nSPS) is 10.5. The molecule has 15 heavy (non-hydrogen) atoms. The Morgan fingerprint density at radius 3 is 2.73 bits per heavy atom. The van der Waals surface area contributed by atoms with E-state index in [-0.39, 0.29) is 5.75 Å². The van der Waals surface area contributed by atoms with Crippen molar-refractivity contribution >= 4 is 5.69 Å². The van der Waals surface area contributed by atoms with Crippen LogP contribution in [0.3, 0.4) is 0 Å². The number of rotatable bonds is 1. The van der Waals surface area contributed by atoms with Crippen LogP contribution in [-0.2, 0) is 7.05 Å². The second-order valence-corrected chi connectivity index (χ2v) is 3.24. The van der Waals surface area contributed by atoms with E-state index in [0.717, 1.165) is 6.07 Å². The molecular formula is C10H10FN3O. The van der Waals surface area contributed by atoms with Crippen LogP contribution in [0.2, 0.25) is 0 Å². The molecule has 3 N–H and O–H groups in total. The molecule has 1 aromatic heterocycles. The second-order valence-electron chi connectivity index (χ2n) is 3.24. The topological polar surface area (TPSA) is 64.1 Å². The van der Waals surface area contributed by atoms with E-state index in [2.05, 4.69) is 5.10 Å². The molecule has 0 aliphatic rings. The van der Waals surface area contributed by atoms with Gasteiger partial charge in [0.1, 0.15) is 11.6 Å². The molecule has 0 aliphatic heterocycles. The quantitative estimate of drug-likeness (QED) is 0.745. The number of benzene rings is 1. The molecule has 78 valence electrons. The van der Waals surface area contributed by atoms with E-state index >= 15 is 0 Å². The summed E-state index contributed by atoms with van der Waals surface area (Å²) in [4.78, 5) is 0. The van der Waals surface area contributed by atoms with Gasteiger partial charge < -0.3 is 10.8 Å². The number of anilines is 1. The van der Waals surface area contributed by atoms with Crippen LogP contribution < -0.4 is 5.73 Å². The summed E-state index contributed by atoms with van der Waals surface area (Å²) in [5.74, 6) is -0.637. The van der Waals surface area contributed by atoms with Crippen LogP contribution in [0.15, 0.2) is 24.4 Å². The molecule has 4 nitrogen and oxygen atoms in total. The van der Waals surface area contributed by atoms with Crippen molar-refractivity contribution in [2.24, 2.45) is 7.05 Å². The minimum absolute atomic E-state index is 0.114. The Bertz CT molecular complexity index is 488. The van der Waals surface area contributed by atoms with Gasteiger partial charge in [-0.15, -0.1) is 0 Å². The van der Waals surface area contributed by atoms with Crippen LogP contribution in [-0.4, -0.2) is 14.9 Å². The third kappa shape index (κ3) is 1.52. The van der Waals surface area contributed by atoms with Crippen LogP contribution in [0.25, 0.3) is 11.3 Å². The van der Waals surface area contributed by atoms with E-state index in [1.807, 2.05) is 0 Å². The number of aromatic nitrogens is 2. The molecule has 2 rings (SSSR count). The number of phenols is 1. The molecule has 0 atom stereocenters. The van der Waals surface area contributed by atoms with Gasteiger partial charge in [-0.2, -0.15) is 5.10 Å². The van der Waals surface area contributed by atoms with Gasteiger partial charge in [-0.25, -0.2) is 4.39 Å². The Morgan fingerprint density at radius 2 is 2.20 bits per heavy atom. The van der Waals surface area contributed by atoms with Crippen molar-refractivity contribution in [3.8, 4) is 17.0 Å². The summed E-state index contributed by atoms with van der Waals surface area (Å²) in [6, 6.07) is 3.92. The second kappa shape index (κ2) is 3.27. The smallest absolute Gasteiger partial charge is 0.136 e. The molecule has 0 saturated heterocycles. The number of nitrogens with two attached hydrogens (primary N) is 1. The average Bonchev–Trinajstić information content (AvgIpc) is 2.48. The standard InChI is InChI=1S/C10H10FN3O/c1-14-10(9(12)5-13-14)7-3-2-6(15)4-8(7)11/h2-5,15H,12H2,1H3. The monoisotopic (exact) mass is 207 g/mol. The van der Waals surface area contributed by atoms with Crippen LogP contribution in [0.5, 0.6) is 5.75 Å².